The summed E-state index contributed by atoms with van der Waals surface area (Å²) in [5.41, 5.74) is 1.74. The number of fused-ring (bicyclic) bond motifs is 1. The van der Waals surface area contributed by atoms with Gasteiger partial charge in [0.1, 0.15) is 17.8 Å². The van der Waals surface area contributed by atoms with Crippen molar-refractivity contribution < 1.29 is 13.9 Å². The Kier molecular flexibility index (Phi) is 4.04. The van der Waals surface area contributed by atoms with Crippen LogP contribution in [-0.2, 0) is 11.3 Å². The summed E-state index contributed by atoms with van der Waals surface area (Å²) in [6.45, 7) is 3.65. The lowest BCUT2D eigenvalue weighted by Crippen LogP contribution is -2.19. The summed E-state index contributed by atoms with van der Waals surface area (Å²) in [7, 11) is 0. The third-order valence-electron chi connectivity index (χ3n) is 3.91. The number of ether oxygens (including phenoxy) is 1. The molecule has 122 valence electrons. The molecule has 0 unspecified atom stereocenters. The van der Waals surface area contributed by atoms with E-state index in [1.807, 2.05) is 26.0 Å². The quantitative estimate of drug-likeness (QED) is 0.590. The summed E-state index contributed by atoms with van der Waals surface area (Å²) in [5.74, 6) is -0.748. The molecule has 0 aliphatic rings. The van der Waals surface area contributed by atoms with Crippen LogP contribution in [0.5, 0.6) is 0 Å². The van der Waals surface area contributed by atoms with Crippen molar-refractivity contribution in [1.29, 1.82) is 0 Å². The van der Waals surface area contributed by atoms with Crippen molar-refractivity contribution in [3.8, 4) is 0 Å². The van der Waals surface area contributed by atoms with E-state index >= 15 is 0 Å². The molecule has 3 rings (SSSR count). The predicted molar refractivity (Wildman–Crippen MR) is 88.1 cm³/mol. The molecule has 0 aliphatic carbocycles. The molecule has 0 amide bonds. The fourth-order valence-electron chi connectivity index (χ4n) is 2.45. The number of pyridine rings is 1. The Morgan fingerprint density at radius 2 is 2.00 bits per heavy atom. The van der Waals surface area contributed by atoms with E-state index < -0.39 is 17.2 Å². The van der Waals surface area contributed by atoms with Gasteiger partial charge in [-0.05, 0) is 37.1 Å². The lowest BCUT2D eigenvalue weighted by molar-refractivity contribution is 0.0471. The van der Waals surface area contributed by atoms with E-state index in [4.69, 9.17) is 9.15 Å². The number of hydrogen-bond donors (Lipinski definition) is 1. The van der Waals surface area contributed by atoms with E-state index in [1.54, 1.807) is 0 Å². The Hall–Kier alpha value is -3.15. The molecule has 6 nitrogen and oxygen atoms in total. The van der Waals surface area contributed by atoms with Crippen molar-refractivity contribution >= 4 is 16.9 Å². The molecule has 0 saturated carbocycles. The summed E-state index contributed by atoms with van der Waals surface area (Å²) < 4.78 is 10.5. The second-order valence-corrected chi connectivity index (χ2v) is 5.46. The standard InChI is InChI=1S/C18H15NO5/c1-10-5-6-13-12(8-15(20)24-16(13)11(10)2)9-23-18(22)14-4-3-7-19-17(14)21/h3-8H,9H2,1-2H3,(H,19,21). The minimum atomic E-state index is -0.748. The van der Waals surface area contributed by atoms with Gasteiger partial charge in [-0.25, -0.2) is 9.59 Å². The van der Waals surface area contributed by atoms with Crippen molar-refractivity contribution in [3.05, 3.63) is 79.6 Å². The molecule has 2 heterocycles. The van der Waals surface area contributed by atoms with Crippen molar-refractivity contribution in [2.45, 2.75) is 20.5 Å². The van der Waals surface area contributed by atoms with Crippen LogP contribution in [0.25, 0.3) is 11.0 Å². The molecule has 3 aromatic rings. The number of benzene rings is 1. The molecule has 0 saturated heterocycles. The Bertz CT molecular complexity index is 1050. The van der Waals surface area contributed by atoms with Crippen LogP contribution >= 0.6 is 0 Å². The van der Waals surface area contributed by atoms with Crippen LogP contribution in [0.4, 0.5) is 0 Å². The topological polar surface area (TPSA) is 89.4 Å². The van der Waals surface area contributed by atoms with Gasteiger partial charge in [-0.3, -0.25) is 4.79 Å². The molecule has 0 fully saturated rings. The average Bonchev–Trinajstić information content (AvgIpc) is 2.56. The molecule has 0 radical (unpaired) electrons. The number of H-pyrrole nitrogens is 1. The minimum absolute atomic E-state index is 0.0863. The number of rotatable bonds is 3. The minimum Gasteiger partial charge on any atom is -0.457 e. The normalized spacial score (nSPS) is 10.8. The smallest absolute Gasteiger partial charge is 0.344 e. The van der Waals surface area contributed by atoms with Crippen LogP contribution in [0.2, 0.25) is 0 Å². The van der Waals surface area contributed by atoms with Gasteiger partial charge < -0.3 is 14.1 Å². The van der Waals surface area contributed by atoms with Gasteiger partial charge in [-0.1, -0.05) is 12.1 Å². The third-order valence-corrected chi connectivity index (χ3v) is 3.91. The number of aromatic nitrogens is 1. The first-order valence-electron chi connectivity index (χ1n) is 7.35. The summed E-state index contributed by atoms with van der Waals surface area (Å²) in [6.07, 6.45) is 1.43. The second-order valence-electron chi connectivity index (χ2n) is 5.46. The fourth-order valence-corrected chi connectivity index (χ4v) is 2.45. The van der Waals surface area contributed by atoms with Crippen LogP contribution in [-0.4, -0.2) is 11.0 Å². The van der Waals surface area contributed by atoms with Gasteiger partial charge in [0.05, 0.1) is 0 Å². The van der Waals surface area contributed by atoms with E-state index in [0.717, 1.165) is 11.1 Å². The first-order valence-corrected chi connectivity index (χ1v) is 7.35. The van der Waals surface area contributed by atoms with Gasteiger partial charge in [-0.2, -0.15) is 0 Å². The van der Waals surface area contributed by atoms with Gasteiger partial charge in [0.15, 0.2) is 0 Å². The van der Waals surface area contributed by atoms with Gasteiger partial charge >= 0.3 is 11.6 Å². The number of hydrogen-bond acceptors (Lipinski definition) is 5. The molecule has 0 atom stereocenters. The highest BCUT2D eigenvalue weighted by Crippen LogP contribution is 2.23. The van der Waals surface area contributed by atoms with E-state index in [2.05, 4.69) is 4.98 Å². The van der Waals surface area contributed by atoms with Crippen LogP contribution in [0.3, 0.4) is 0 Å². The number of carbonyl (C=O) groups excluding carboxylic acids is 1. The Labute approximate surface area is 136 Å². The Morgan fingerprint density at radius 3 is 2.75 bits per heavy atom. The Morgan fingerprint density at radius 1 is 1.21 bits per heavy atom. The average molecular weight is 325 g/mol. The molecular formula is C18H15NO5. The van der Waals surface area contributed by atoms with Crippen LogP contribution in [0.15, 0.2) is 50.5 Å². The predicted octanol–water partition coefficient (Wildman–Crippen LogP) is 2.46. The number of aryl methyl sites for hydroxylation is 2. The van der Waals surface area contributed by atoms with Crippen molar-refractivity contribution in [2.24, 2.45) is 0 Å². The zero-order chi connectivity index (χ0) is 17.3. The fraction of sp³-hybridized carbons (Fsp3) is 0.167. The van der Waals surface area contributed by atoms with E-state index in [0.29, 0.717) is 16.5 Å². The summed E-state index contributed by atoms with van der Waals surface area (Å²) in [6, 6.07) is 7.94. The van der Waals surface area contributed by atoms with Crippen molar-refractivity contribution in [2.75, 3.05) is 0 Å². The van der Waals surface area contributed by atoms with Crippen molar-refractivity contribution in [3.63, 3.8) is 0 Å². The first-order chi connectivity index (χ1) is 11.5. The molecular weight excluding hydrogens is 310 g/mol. The molecule has 2 aromatic heterocycles. The van der Waals surface area contributed by atoms with Crippen molar-refractivity contribution in [1.82, 2.24) is 4.98 Å². The van der Waals surface area contributed by atoms with E-state index in [-0.39, 0.29) is 12.2 Å². The lowest BCUT2D eigenvalue weighted by atomic mass is 10.0. The molecule has 0 spiro atoms. The van der Waals surface area contributed by atoms with E-state index in [9.17, 15) is 14.4 Å². The molecule has 0 aliphatic heterocycles. The summed E-state index contributed by atoms with van der Waals surface area (Å²) >= 11 is 0. The first kappa shape index (κ1) is 15.7. The maximum atomic E-state index is 12.0. The number of nitrogens with one attached hydrogen (secondary N) is 1. The zero-order valence-corrected chi connectivity index (χ0v) is 13.2. The molecule has 0 bridgehead atoms. The van der Waals surface area contributed by atoms with Crippen LogP contribution in [0.1, 0.15) is 27.0 Å². The Balaban J connectivity index is 1.95. The molecule has 1 aromatic carbocycles. The number of carbonyl (C=O) groups is 1. The highest BCUT2D eigenvalue weighted by atomic mass is 16.5. The summed E-state index contributed by atoms with van der Waals surface area (Å²) in [5, 5.41) is 0.701. The second kappa shape index (κ2) is 6.16. The monoisotopic (exact) mass is 325 g/mol. The summed E-state index contributed by atoms with van der Waals surface area (Å²) in [4.78, 5) is 37.8. The van der Waals surface area contributed by atoms with Gasteiger partial charge in [0, 0.05) is 23.2 Å². The van der Waals surface area contributed by atoms with Gasteiger partial charge in [0.25, 0.3) is 5.56 Å². The van der Waals surface area contributed by atoms with E-state index in [1.165, 1.54) is 24.4 Å². The lowest BCUT2D eigenvalue weighted by Gasteiger charge is -2.09. The largest absolute Gasteiger partial charge is 0.457 e. The molecule has 6 heteroatoms. The third kappa shape index (κ3) is 2.86. The zero-order valence-electron chi connectivity index (χ0n) is 13.2. The highest BCUT2D eigenvalue weighted by molar-refractivity contribution is 5.89. The van der Waals surface area contributed by atoms with Crippen LogP contribution < -0.4 is 11.2 Å². The maximum Gasteiger partial charge on any atom is 0.344 e. The van der Waals surface area contributed by atoms with Crippen LogP contribution in [0, 0.1) is 13.8 Å². The highest BCUT2D eigenvalue weighted by Gasteiger charge is 2.14. The molecule has 1 N–H and O–H groups in total. The number of esters is 1. The maximum absolute atomic E-state index is 12.0. The SMILES string of the molecule is Cc1ccc2c(COC(=O)c3ccc[nH]c3=O)cc(=O)oc2c1C. The van der Waals surface area contributed by atoms with Gasteiger partial charge in [-0.15, -0.1) is 0 Å². The number of aromatic amines is 1. The molecule has 24 heavy (non-hydrogen) atoms. The van der Waals surface area contributed by atoms with Gasteiger partial charge in [0.2, 0.25) is 0 Å².